The average molecular weight is 276 g/mol. The fraction of sp³-hybridized carbons (Fsp3) is 0.250. The lowest BCUT2D eigenvalue weighted by Gasteiger charge is -2.18. The van der Waals surface area contributed by atoms with Crippen molar-refractivity contribution < 1.29 is 4.74 Å². The summed E-state index contributed by atoms with van der Waals surface area (Å²) < 4.78 is 5.15. The van der Waals surface area contributed by atoms with Gasteiger partial charge in [-0.1, -0.05) is 35.9 Å². The van der Waals surface area contributed by atoms with Gasteiger partial charge < -0.3 is 10.1 Å². The number of hydrogen-bond donors (Lipinski definition) is 1. The predicted octanol–water partition coefficient (Wildman–Crippen LogP) is 4.83. The maximum absolute atomic E-state index is 6.13. The predicted molar refractivity (Wildman–Crippen MR) is 81.2 cm³/mol. The fourth-order valence-corrected chi connectivity index (χ4v) is 2.41. The van der Waals surface area contributed by atoms with E-state index in [0.717, 1.165) is 5.69 Å². The molecule has 0 aliphatic carbocycles. The summed E-state index contributed by atoms with van der Waals surface area (Å²) in [5.74, 6) is 0.691. The van der Waals surface area contributed by atoms with Gasteiger partial charge in [0, 0.05) is 11.7 Å². The van der Waals surface area contributed by atoms with Crippen molar-refractivity contribution in [2.75, 3.05) is 12.4 Å². The lowest BCUT2D eigenvalue weighted by molar-refractivity contribution is 0.415. The van der Waals surface area contributed by atoms with Crippen molar-refractivity contribution in [2.45, 2.75) is 19.9 Å². The smallest absolute Gasteiger partial charge is 0.137 e. The normalized spacial score (nSPS) is 12.0. The second-order valence-corrected chi connectivity index (χ2v) is 4.98. The SMILES string of the molecule is COc1ccc(NC(C)c2ccccc2C)cc1Cl. The number of hydrogen-bond acceptors (Lipinski definition) is 2. The van der Waals surface area contributed by atoms with Crippen LogP contribution in [-0.2, 0) is 0 Å². The van der Waals surface area contributed by atoms with Crippen LogP contribution < -0.4 is 10.1 Å². The molecule has 1 unspecified atom stereocenters. The molecule has 0 spiro atoms. The van der Waals surface area contributed by atoms with E-state index in [2.05, 4.69) is 43.4 Å². The lowest BCUT2D eigenvalue weighted by atomic mass is 10.0. The molecular weight excluding hydrogens is 258 g/mol. The fourth-order valence-electron chi connectivity index (χ4n) is 2.16. The first-order valence-corrected chi connectivity index (χ1v) is 6.65. The molecule has 0 fully saturated rings. The molecule has 0 aromatic heterocycles. The van der Waals surface area contributed by atoms with Gasteiger partial charge in [-0.2, -0.15) is 0 Å². The van der Waals surface area contributed by atoms with E-state index in [1.54, 1.807) is 7.11 Å². The minimum atomic E-state index is 0.227. The Hall–Kier alpha value is -1.67. The molecule has 2 aromatic rings. The number of benzene rings is 2. The Balaban J connectivity index is 2.17. The summed E-state index contributed by atoms with van der Waals surface area (Å²) in [6.45, 7) is 4.26. The molecule has 1 atom stereocenters. The summed E-state index contributed by atoms with van der Waals surface area (Å²) in [6, 6.07) is 14.3. The van der Waals surface area contributed by atoms with Crippen LogP contribution in [0.25, 0.3) is 0 Å². The second-order valence-electron chi connectivity index (χ2n) is 4.57. The number of nitrogens with one attached hydrogen (secondary N) is 1. The van der Waals surface area contributed by atoms with Crippen molar-refractivity contribution in [3.63, 3.8) is 0 Å². The molecular formula is C16H18ClNO. The summed E-state index contributed by atoms with van der Waals surface area (Å²) in [5.41, 5.74) is 3.55. The highest BCUT2D eigenvalue weighted by Gasteiger charge is 2.09. The van der Waals surface area contributed by atoms with Gasteiger partial charge >= 0.3 is 0 Å². The summed E-state index contributed by atoms with van der Waals surface area (Å²) >= 11 is 6.13. The van der Waals surface area contributed by atoms with Crippen molar-refractivity contribution >= 4 is 17.3 Å². The second kappa shape index (κ2) is 5.98. The average Bonchev–Trinajstić information content (AvgIpc) is 2.39. The summed E-state index contributed by atoms with van der Waals surface area (Å²) in [7, 11) is 1.62. The molecule has 0 saturated heterocycles. The van der Waals surface area contributed by atoms with E-state index in [9.17, 15) is 0 Å². The number of ether oxygens (including phenoxy) is 1. The van der Waals surface area contributed by atoms with Crippen molar-refractivity contribution in [1.29, 1.82) is 0 Å². The summed E-state index contributed by atoms with van der Waals surface area (Å²) in [4.78, 5) is 0. The zero-order valence-electron chi connectivity index (χ0n) is 11.4. The number of aryl methyl sites for hydroxylation is 1. The van der Waals surface area contributed by atoms with Gasteiger partial charge in [-0.15, -0.1) is 0 Å². The summed E-state index contributed by atoms with van der Waals surface area (Å²) in [6.07, 6.45) is 0. The van der Waals surface area contributed by atoms with E-state index in [-0.39, 0.29) is 6.04 Å². The number of methoxy groups -OCH3 is 1. The van der Waals surface area contributed by atoms with E-state index < -0.39 is 0 Å². The Morgan fingerprint density at radius 1 is 1.16 bits per heavy atom. The molecule has 2 nitrogen and oxygen atoms in total. The van der Waals surface area contributed by atoms with Gasteiger partial charge in [0.2, 0.25) is 0 Å². The molecule has 0 bridgehead atoms. The van der Waals surface area contributed by atoms with E-state index >= 15 is 0 Å². The van der Waals surface area contributed by atoms with Gasteiger partial charge in [-0.05, 0) is 43.2 Å². The Morgan fingerprint density at radius 3 is 2.53 bits per heavy atom. The van der Waals surface area contributed by atoms with Crippen LogP contribution in [0.4, 0.5) is 5.69 Å². The standard InChI is InChI=1S/C16H18ClNO/c1-11-6-4-5-7-14(11)12(2)18-13-8-9-16(19-3)15(17)10-13/h4-10,12,18H,1-3H3. The number of rotatable bonds is 4. The van der Waals surface area contributed by atoms with Gasteiger partial charge in [-0.3, -0.25) is 0 Å². The van der Waals surface area contributed by atoms with Crippen LogP contribution in [0.5, 0.6) is 5.75 Å². The van der Waals surface area contributed by atoms with Gasteiger partial charge in [0.25, 0.3) is 0 Å². The maximum Gasteiger partial charge on any atom is 0.137 e. The lowest BCUT2D eigenvalue weighted by Crippen LogP contribution is -2.08. The third-order valence-corrected chi connectivity index (χ3v) is 3.49. The molecule has 0 amide bonds. The van der Waals surface area contributed by atoms with Crippen molar-refractivity contribution in [3.8, 4) is 5.75 Å². The summed E-state index contributed by atoms with van der Waals surface area (Å²) in [5, 5.41) is 4.07. The monoisotopic (exact) mass is 275 g/mol. The van der Waals surface area contributed by atoms with Crippen molar-refractivity contribution in [3.05, 3.63) is 58.6 Å². The molecule has 2 aromatic carbocycles. The Kier molecular flexibility index (Phi) is 4.33. The van der Waals surface area contributed by atoms with Crippen LogP contribution >= 0.6 is 11.6 Å². The molecule has 0 aliphatic rings. The van der Waals surface area contributed by atoms with Crippen molar-refractivity contribution in [2.24, 2.45) is 0 Å². The van der Waals surface area contributed by atoms with Crippen LogP contribution in [0.2, 0.25) is 5.02 Å². The van der Waals surface area contributed by atoms with Crippen LogP contribution in [-0.4, -0.2) is 7.11 Å². The highest BCUT2D eigenvalue weighted by Crippen LogP contribution is 2.29. The van der Waals surface area contributed by atoms with Crippen LogP contribution in [0.3, 0.4) is 0 Å². The first-order chi connectivity index (χ1) is 9.11. The molecule has 0 saturated carbocycles. The molecule has 100 valence electrons. The topological polar surface area (TPSA) is 21.3 Å². The Morgan fingerprint density at radius 2 is 1.89 bits per heavy atom. The Labute approximate surface area is 119 Å². The van der Waals surface area contributed by atoms with Crippen LogP contribution in [0.15, 0.2) is 42.5 Å². The first-order valence-electron chi connectivity index (χ1n) is 6.27. The molecule has 2 rings (SSSR count). The molecule has 3 heteroatoms. The van der Waals surface area contributed by atoms with Crippen LogP contribution in [0, 0.1) is 6.92 Å². The largest absolute Gasteiger partial charge is 0.495 e. The number of halogens is 1. The van der Waals surface area contributed by atoms with E-state index in [4.69, 9.17) is 16.3 Å². The maximum atomic E-state index is 6.13. The van der Waals surface area contributed by atoms with Gasteiger partial charge in [0.15, 0.2) is 0 Å². The zero-order chi connectivity index (χ0) is 13.8. The van der Waals surface area contributed by atoms with E-state index in [1.165, 1.54) is 11.1 Å². The Bertz CT molecular complexity index is 568. The van der Waals surface area contributed by atoms with Gasteiger partial charge in [0.05, 0.1) is 12.1 Å². The first kappa shape index (κ1) is 13.8. The van der Waals surface area contributed by atoms with Gasteiger partial charge in [0.1, 0.15) is 5.75 Å². The molecule has 0 radical (unpaired) electrons. The van der Waals surface area contributed by atoms with Crippen LogP contribution in [0.1, 0.15) is 24.1 Å². The quantitative estimate of drug-likeness (QED) is 0.863. The third kappa shape index (κ3) is 3.21. The third-order valence-electron chi connectivity index (χ3n) is 3.19. The van der Waals surface area contributed by atoms with E-state index in [1.807, 2.05) is 18.2 Å². The zero-order valence-corrected chi connectivity index (χ0v) is 12.2. The molecule has 0 aliphatic heterocycles. The van der Waals surface area contributed by atoms with Gasteiger partial charge in [-0.25, -0.2) is 0 Å². The minimum absolute atomic E-state index is 0.227. The number of anilines is 1. The highest BCUT2D eigenvalue weighted by molar-refractivity contribution is 6.32. The molecule has 1 N–H and O–H groups in total. The minimum Gasteiger partial charge on any atom is -0.495 e. The van der Waals surface area contributed by atoms with Crippen molar-refractivity contribution in [1.82, 2.24) is 0 Å². The molecule has 0 heterocycles. The van der Waals surface area contributed by atoms with E-state index in [0.29, 0.717) is 10.8 Å². The highest BCUT2D eigenvalue weighted by atomic mass is 35.5. The molecule has 19 heavy (non-hydrogen) atoms.